The highest BCUT2D eigenvalue weighted by atomic mass is 16.6. The number of azo groups is 1. The summed E-state index contributed by atoms with van der Waals surface area (Å²) in [7, 11) is 0. The van der Waals surface area contributed by atoms with Gasteiger partial charge >= 0.3 is 0 Å². The molecule has 0 aromatic heterocycles. The summed E-state index contributed by atoms with van der Waals surface area (Å²) in [5.74, 6) is -0.328. The maximum absolute atomic E-state index is 12.6. The Hall–Kier alpha value is -3.46. The number of aliphatic hydroxyl groups excluding tert-OH is 1. The van der Waals surface area contributed by atoms with E-state index in [1.807, 2.05) is 19.1 Å². The maximum Gasteiger partial charge on any atom is 0.258 e. The van der Waals surface area contributed by atoms with Gasteiger partial charge in [0.15, 0.2) is 5.78 Å². The fourth-order valence-corrected chi connectivity index (χ4v) is 4.04. The highest BCUT2D eigenvalue weighted by molar-refractivity contribution is 6.10. The zero-order valence-electron chi connectivity index (χ0n) is 31.6. The van der Waals surface area contributed by atoms with E-state index in [4.69, 9.17) is 52.5 Å². The lowest BCUT2D eigenvalue weighted by molar-refractivity contribution is -0.126. The first-order valence-electron chi connectivity index (χ1n) is 17.8. The third-order valence-electron chi connectivity index (χ3n) is 6.79. The number of carbonyl (C=O) groups is 2. The number of anilines is 1. The summed E-state index contributed by atoms with van der Waals surface area (Å²) >= 11 is 0. The second-order valence-corrected chi connectivity index (χ2v) is 11.2. The fraction of sp³-hybridized carbons (Fsp3) is 0.622. The Bertz CT molecular complexity index is 1220. The molecule has 0 bridgehead atoms. The van der Waals surface area contributed by atoms with Crippen LogP contribution in [0.4, 0.5) is 11.4 Å². The molecular formula is C37H59N3O14. The van der Waals surface area contributed by atoms with Crippen molar-refractivity contribution in [3.8, 4) is 5.75 Å². The average molecular weight is 770 g/mol. The Labute approximate surface area is 317 Å². The molecule has 2 aromatic carbocycles. The fourth-order valence-electron chi connectivity index (χ4n) is 4.04. The number of nitrogens with one attached hydrogen (secondary N) is 1. The molecule has 0 aliphatic carbocycles. The molecule has 17 nitrogen and oxygen atoms in total. The van der Waals surface area contributed by atoms with Crippen LogP contribution in [0, 0.1) is 6.92 Å². The van der Waals surface area contributed by atoms with E-state index in [9.17, 15) is 9.59 Å². The molecule has 1 atom stereocenters. The quantitative estimate of drug-likeness (QED) is 0.0586. The van der Waals surface area contributed by atoms with E-state index < -0.39 is 17.7 Å². The second-order valence-electron chi connectivity index (χ2n) is 11.2. The van der Waals surface area contributed by atoms with Gasteiger partial charge < -0.3 is 63.3 Å². The molecule has 17 heteroatoms. The van der Waals surface area contributed by atoms with Gasteiger partial charge in [-0.2, -0.15) is 10.2 Å². The highest BCUT2D eigenvalue weighted by Crippen LogP contribution is 2.19. The predicted molar refractivity (Wildman–Crippen MR) is 199 cm³/mol. The van der Waals surface area contributed by atoms with E-state index in [1.54, 1.807) is 36.4 Å². The van der Waals surface area contributed by atoms with Crippen molar-refractivity contribution >= 4 is 23.1 Å². The minimum atomic E-state index is -1.25. The third kappa shape index (κ3) is 26.3. The van der Waals surface area contributed by atoms with E-state index in [1.165, 1.54) is 6.92 Å². The first-order chi connectivity index (χ1) is 26.0. The summed E-state index contributed by atoms with van der Waals surface area (Å²) in [5, 5.41) is 19.3. The Morgan fingerprint density at radius 3 is 1.31 bits per heavy atom. The number of Topliss-reactive ketones (excluding diaryl/α,β-unsaturated/α-hetero) is 1. The van der Waals surface area contributed by atoms with Crippen LogP contribution >= 0.6 is 0 Å². The lowest BCUT2D eigenvalue weighted by Crippen LogP contribution is -2.31. The van der Waals surface area contributed by atoms with Crippen LogP contribution in [-0.4, -0.2) is 160 Å². The third-order valence-corrected chi connectivity index (χ3v) is 6.79. The highest BCUT2D eigenvalue weighted by Gasteiger charge is 2.23. The van der Waals surface area contributed by atoms with E-state index in [0.717, 1.165) is 5.56 Å². The van der Waals surface area contributed by atoms with Crippen molar-refractivity contribution in [2.24, 2.45) is 10.2 Å². The van der Waals surface area contributed by atoms with Crippen LogP contribution in [0.1, 0.15) is 12.5 Å². The summed E-state index contributed by atoms with van der Waals surface area (Å²) in [6.07, 6.45) is 0. The standard InChI is InChI=1S/C37H57N3O13.H2O/c1-31-3-5-33(6-4-31)38-37(43)36(32(2)42)40-39-34-7-9-35(10-8-34)53-30-29-52-28-27-51-26-25-50-24-23-49-22-21-48-20-19-47-18-17-46-16-15-45-14-13-44-12-11-41;/h3-10,36,41H,11-30H2,1-2H3,(H,38,43);1H2. The molecule has 2 rings (SSSR count). The van der Waals surface area contributed by atoms with Crippen molar-refractivity contribution in [3.05, 3.63) is 54.1 Å². The summed E-state index contributed by atoms with van der Waals surface area (Å²) in [6, 6.07) is 12.8. The first-order valence-corrected chi connectivity index (χ1v) is 17.8. The molecule has 0 heterocycles. The molecule has 0 saturated carbocycles. The molecule has 1 unspecified atom stereocenters. The van der Waals surface area contributed by atoms with Gasteiger partial charge in [-0.1, -0.05) is 17.7 Å². The summed E-state index contributed by atoms with van der Waals surface area (Å²) in [6.45, 7) is 11.9. The molecule has 0 radical (unpaired) electrons. The lowest BCUT2D eigenvalue weighted by Gasteiger charge is -2.10. The number of hydrogen-bond donors (Lipinski definition) is 2. The summed E-state index contributed by atoms with van der Waals surface area (Å²) in [5.41, 5.74) is 2.12. The van der Waals surface area contributed by atoms with E-state index in [2.05, 4.69) is 15.5 Å². The van der Waals surface area contributed by atoms with Crippen LogP contribution in [0.3, 0.4) is 0 Å². The molecule has 0 aliphatic heterocycles. The largest absolute Gasteiger partial charge is 0.491 e. The first kappa shape index (κ1) is 48.6. The molecule has 2 aromatic rings. The Morgan fingerprint density at radius 1 is 0.574 bits per heavy atom. The summed E-state index contributed by atoms with van der Waals surface area (Å²) in [4.78, 5) is 24.6. The molecule has 1 amide bonds. The number of nitrogens with zero attached hydrogens (tertiary/aromatic N) is 2. The van der Waals surface area contributed by atoms with Gasteiger partial charge in [0.05, 0.1) is 131 Å². The summed E-state index contributed by atoms with van der Waals surface area (Å²) < 4.78 is 54.4. The zero-order chi connectivity index (χ0) is 38.0. The van der Waals surface area contributed by atoms with Crippen LogP contribution in [-0.2, 0) is 52.2 Å². The van der Waals surface area contributed by atoms with Crippen molar-refractivity contribution in [1.82, 2.24) is 0 Å². The van der Waals surface area contributed by atoms with Gasteiger partial charge in [0, 0.05) is 5.69 Å². The molecule has 0 saturated heterocycles. The molecular weight excluding hydrogens is 710 g/mol. The van der Waals surface area contributed by atoms with Gasteiger partial charge in [-0.3, -0.25) is 9.59 Å². The van der Waals surface area contributed by atoms with Gasteiger partial charge in [-0.05, 0) is 50.2 Å². The predicted octanol–water partition coefficient (Wildman–Crippen LogP) is 2.37. The molecule has 0 aliphatic rings. The number of ether oxygens (including phenoxy) is 10. The normalized spacial score (nSPS) is 11.8. The van der Waals surface area contributed by atoms with Gasteiger partial charge in [0.1, 0.15) is 12.4 Å². The lowest BCUT2D eigenvalue weighted by atomic mass is 10.2. The second kappa shape index (κ2) is 34.1. The zero-order valence-corrected chi connectivity index (χ0v) is 31.6. The number of benzene rings is 2. The molecule has 0 spiro atoms. The van der Waals surface area contributed by atoms with E-state index in [0.29, 0.717) is 143 Å². The SMILES string of the molecule is CC(=O)C(N=Nc1ccc(OCCOCCOCCOCCOCCOCCOCCOCCOCCOCCO)cc1)C(=O)Nc1ccc(C)cc1.O. The average Bonchev–Trinajstić information content (AvgIpc) is 3.15. The van der Waals surface area contributed by atoms with Crippen molar-refractivity contribution in [3.63, 3.8) is 0 Å². The number of aryl methyl sites for hydroxylation is 1. The monoisotopic (exact) mass is 769 g/mol. The van der Waals surface area contributed by atoms with E-state index >= 15 is 0 Å². The topological polar surface area (TPSA) is 215 Å². The van der Waals surface area contributed by atoms with Crippen LogP contribution in [0.15, 0.2) is 58.8 Å². The van der Waals surface area contributed by atoms with Gasteiger partial charge in [0.25, 0.3) is 5.91 Å². The van der Waals surface area contributed by atoms with Crippen LogP contribution in [0.5, 0.6) is 5.75 Å². The smallest absolute Gasteiger partial charge is 0.258 e. The Balaban J connectivity index is 0.0000146. The van der Waals surface area contributed by atoms with Gasteiger partial charge in [0.2, 0.25) is 6.04 Å². The number of hydrogen-bond acceptors (Lipinski definition) is 15. The van der Waals surface area contributed by atoms with E-state index in [-0.39, 0.29) is 12.1 Å². The number of rotatable bonds is 35. The number of amides is 1. The van der Waals surface area contributed by atoms with Gasteiger partial charge in [-0.25, -0.2) is 0 Å². The van der Waals surface area contributed by atoms with Crippen molar-refractivity contribution in [2.75, 3.05) is 137 Å². The van der Waals surface area contributed by atoms with Crippen LogP contribution < -0.4 is 10.1 Å². The van der Waals surface area contributed by atoms with Crippen LogP contribution in [0.2, 0.25) is 0 Å². The number of carbonyl (C=O) groups excluding carboxylic acids is 2. The number of aliphatic hydroxyl groups is 1. The Kier molecular flexibility index (Phi) is 30.6. The van der Waals surface area contributed by atoms with Crippen molar-refractivity contribution in [1.29, 1.82) is 0 Å². The minimum Gasteiger partial charge on any atom is -0.491 e. The minimum absolute atomic E-state index is 0. The molecule has 54 heavy (non-hydrogen) atoms. The van der Waals surface area contributed by atoms with Crippen molar-refractivity contribution in [2.45, 2.75) is 19.9 Å². The molecule has 306 valence electrons. The Morgan fingerprint density at radius 2 is 0.944 bits per heavy atom. The molecule has 4 N–H and O–H groups in total. The molecule has 0 fully saturated rings. The van der Waals surface area contributed by atoms with Gasteiger partial charge in [-0.15, -0.1) is 0 Å². The maximum atomic E-state index is 12.6. The van der Waals surface area contributed by atoms with Crippen molar-refractivity contribution < 1.29 is 67.5 Å². The number of ketones is 1. The van der Waals surface area contributed by atoms with Crippen LogP contribution in [0.25, 0.3) is 0 Å².